The van der Waals surface area contributed by atoms with Crippen molar-refractivity contribution in [2.24, 2.45) is 0 Å². The molecule has 0 fully saturated rings. The maximum atomic E-state index is 14.0. The number of halogens is 1. The van der Waals surface area contributed by atoms with Gasteiger partial charge in [-0.1, -0.05) is 13.0 Å². The van der Waals surface area contributed by atoms with Crippen molar-refractivity contribution in [2.75, 3.05) is 0 Å². The summed E-state index contributed by atoms with van der Waals surface area (Å²) in [6.45, 7) is 10.9. The first-order valence-electron chi connectivity index (χ1n) is 6.78. The Labute approximate surface area is 114 Å². The Kier molecular flexibility index (Phi) is 3.68. The topological polar surface area (TPSA) is 25.2 Å². The molecule has 2 nitrogen and oxygen atoms in total. The van der Waals surface area contributed by atoms with E-state index in [1.54, 1.807) is 6.07 Å². The van der Waals surface area contributed by atoms with Gasteiger partial charge in [-0.05, 0) is 45.7 Å². The van der Waals surface area contributed by atoms with Gasteiger partial charge in [0, 0.05) is 11.1 Å². The number of fused-ring (bicyclic) bond motifs is 1. The Balaban J connectivity index is 2.50. The molecule has 0 spiro atoms. The molecule has 0 unspecified atom stereocenters. The molecule has 1 N–H and O–H groups in total. The molecule has 0 atom stereocenters. The van der Waals surface area contributed by atoms with E-state index in [0.29, 0.717) is 17.5 Å². The van der Waals surface area contributed by atoms with Crippen LogP contribution < -0.4 is 5.32 Å². The second-order valence-electron chi connectivity index (χ2n) is 6.03. The molecule has 19 heavy (non-hydrogen) atoms. The predicted molar refractivity (Wildman–Crippen MR) is 76.9 cm³/mol. The van der Waals surface area contributed by atoms with Gasteiger partial charge < -0.3 is 9.73 Å². The lowest BCUT2D eigenvalue weighted by molar-refractivity contribution is 0.393. The summed E-state index contributed by atoms with van der Waals surface area (Å²) in [4.78, 5) is 0. The number of hydrogen-bond donors (Lipinski definition) is 1. The summed E-state index contributed by atoms with van der Waals surface area (Å²) in [6, 6.07) is 3.29. The van der Waals surface area contributed by atoms with Crippen molar-refractivity contribution in [3.8, 4) is 0 Å². The zero-order valence-electron chi connectivity index (χ0n) is 12.4. The molecule has 0 aliphatic carbocycles. The molecule has 0 aliphatic heterocycles. The molecule has 2 aromatic rings. The van der Waals surface area contributed by atoms with Crippen LogP contribution in [0.2, 0.25) is 0 Å². The summed E-state index contributed by atoms with van der Waals surface area (Å²) in [5.41, 5.74) is 2.65. The van der Waals surface area contributed by atoms with E-state index in [-0.39, 0.29) is 11.4 Å². The van der Waals surface area contributed by atoms with Crippen molar-refractivity contribution in [2.45, 2.75) is 53.1 Å². The summed E-state index contributed by atoms with van der Waals surface area (Å²) in [5, 5.41) is 4.04. The highest BCUT2D eigenvalue weighted by atomic mass is 19.1. The van der Waals surface area contributed by atoms with Crippen molar-refractivity contribution in [1.82, 2.24) is 5.32 Å². The molecule has 0 saturated carbocycles. The van der Waals surface area contributed by atoms with E-state index in [9.17, 15) is 4.39 Å². The van der Waals surface area contributed by atoms with E-state index in [4.69, 9.17) is 4.42 Å². The number of nitrogens with one attached hydrogen (secondary N) is 1. The Bertz CT molecular complexity index is 593. The maximum Gasteiger partial charge on any atom is 0.140 e. The van der Waals surface area contributed by atoms with E-state index in [1.807, 2.05) is 13.8 Å². The Hall–Kier alpha value is -1.35. The van der Waals surface area contributed by atoms with Crippen LogP contribution >= 0.6 is 0 Å². The van der Waals surface area contributed by atoms with Gasteiger partial charge in [-0.15, -0.1) is 0 Å². The number of benzene rings is 1. The summed E-state index contributed by atoms with van der Waals surface area (Å²) >= 11 is 0. The fourth-order valence-electron chi connectivity index (χ4n) is 2.26. The number of aryl methyl sites for hydroxylation is 2. The third-order valence-electron chi connectivity index (χ3n) is 3.30. The van der Waals surface area contributed by atoms with Gasteiger partial charge in [-0.3, -0.25) is 0 Å². The zero-order chi connectivity index (χ0) is 14.2. The smallest absolute Gasteiger partial charge is 0.140 e. The normalized spacial score (nSPS) is 12.3. The van der Waals surface area contributed by atoms with E-state index >= 15 is 0 Å². The molecule has 0 amide bonds. The minimum absolute atomic E-state index is 0.0115. The first-order valence-corrected chi connectivity index (χ1v) is 6.78. The SMILES string of the molecule is CCc1c(CNC(C)(C)C)oc2c(C)ccc(F)c12. The van der Waals surface area contributed by atoms with E-state index < -0.39 is 0 Å². The second kappa shape index (κ2) is 4.97. The highest BCUT2D eigenvalue weighted by molar-refractivity contribution is 5.85. The van der Waals surface area contributed by atoms with Crippen LogP contribution in [0.4, 0.5) is 4.39 Å². The fourth-order valence-corrected chi connectivity index (χ4v) is 2.26. The zero-order valence-corrected chi connectivity index (χ0v) is 12.4. The fraction of sp³-hybridized carbons (Fsp3) is 0.500. The second-order valence-corrected chi connectivity index (χ2v) is 6.03. The number of rotatable bonds is 3. The van der Waals surface area contributed by atoms with Crippen LogP contribution in [0, 0.1) is 12.7 Å². The quantitative estimate of drug-likeness (QED) is 0.891. The van der Waals surface area contributed by atoms with Crippen LogP contribution in [0.1, 0.15) is 44.6 Å². The minimum atomic E-state index is -0.191. The lowest BCUT2D eigenvalue weighted by Crippen LogP contribution is -2.35. The molecule has 0 bridgehead atoms. The first kappa shape index (κ1) is 14.1. The molecule has 0 saturated heterocycles. The van der Waals surface area contributed by atoms with E-state index in [1.165, 1.54) is 6.07 Å². The highest BCUT2D eigenvalue weighted by Crippen LogP contribution is 2.31. The molecular weight excluding hydrogens is 241 g/mol. The molecule has 2 rings (SSSR count). The van der Waals surface area contributed by atoms with Gasteiger partial charge >= 0.3 is 0 Å². The highest BCUT2D eigenvalue weighted by Gasteiger charge is 2.19. The van der Waals surface area contributed by atoms with Crippen molar-refractivity contribution in [1.29, 1.82) is 0 Å². The maximum absolute atomic E-state index is 14.0. The average molecular weight is 263 g/mol. The van der Waals surface area contributed by atoms with Crippen molar-refractivity contribution in [3.63, 3.8) is 0 Å². The number of furan rings is 1. The molecular formula is C16H22FNO. The van der Waals surface area contributed by atoms with Gasteiger partial charge in [0.15, 0.2) is 0 Å². The van der Waals surface area contributed by atoms with Crippen LogP contribution in [-0.4, -0.2) is 5.54 Å². The third kappa shape index (κ3) is 2.81. The number of hydrogen-bond acceptors (Lipinski definition) is 2. The van der Waals surface area contributed by atoms with E-state index in [0.717, 1.165) is 23.3 Å². The van der Waals surface area contributed by atoms with Crippen LogP contribution in [0.5, 0.6) is 0 Å². The lowest BCUT2D eigenvalue weighted by atomic mass is 10.0. The van der Waals surface area contributed by atoms with Crippen molar-refractivity contribution < 1.29 is 8.81 Å². The average Bonchev–Trinajstić information content (AvgIpc) is 2.70. The monoisotopic (exact) mass is 263 g/mol. The van der Waals surface area contributed by atoms with Crippen molar-refractivity contribution >= 4 is 11.0 Å². The van der Waals surface area contributed by atoms with Crippen LogP contribution in [0.15, 0.2) is 16.5 Å². The summed E-state index contributed by atoms with van der Waals surface area (Å²) in [7, 11) is 0. The van der Waals surface area contributed by atoms with E-state index in [2.05, 4.69) is 26.1 Å². The lowest BCUT2D eigenvalue weighted by Gasteiger charge is -2.19. The first-order chi connectivity index (χ1) is 8.83. The van der Waals surface area contributed by atoms with Crippen LogP contribution in [0.25, 0.3) is 11.0 Å². The molecule has 0 radical (unpaired) electrons. The third-order valence-corrected chi connectivity index (χ3v) is 3.30. The Morgan fingerprint density at radius 2 is 1.95 bits per heavy atom. The molecule has 1 aromatic heterocycles. The molecule has 104 valence electrons. The minimum Gasteiger partial charge on any atom is -0.459 e. The molecule has 1 heterocycles. The van der Waals surface area contributed by atoms with Crippen LogP contribution in [0.3, 0.4) is 0 Å². The summed E-state index contributed by atoms with van der Waals surface area (Å²) in [6.07, 6.45) is 0.772. The summed E-state index contributed by atoms with van der Waals surface area (Å²) < 4.78 is 19.9. The molecule has 0 aliphatic rings. The largest absolute Gasteiger partial charge is 0.459 e. The van der Waals surface area contributed by atoms with Gasteiger partial charge in [0.05, 0.1) is 11.9 Å². The summed E-state index contributed by atoms with van der Waals surface area (Å²) in [5.74, 6) is 0.656. The molecule has 3 heteroatoms. The standard InChI is InChI=1S/C16H22FNO/c1-6-11-13(9-18-16(3,4)5)19-15-10(2)7-8-12(17)14(11)15/h7-8,18H,6,9H2,1-5H3. The predicted octanol–water partition coefficient (Wildman–Crippen LogP) is 4.33. The molecule has 1 aromatic carbocycles. The van der Waals surface area contributed by atoms with Gasteiger partial charge in [0.25, 0.3) is 0 Å². The van der Waals surface area contributed by atoms with Crippen LogP contribution in [-0.2, 0) is 13.0 Å². The van der Waals surface area contributed by atoms with Gasteiger partial charge in [0.2, 0.25) is 0 Å². The van der Waals surface area contributed by atoms with Crippen molar-refractivity contribution in [3.05, 3.63) is 34.8 Å². The van der Waals surface area contributed by atoms with Gasteiger partial charge in [0.1, 0.15) is 17.2 Å². The Morgan fingerprint density at radius 1 is 1.26 bits per heavy atom. The Morgan fingerprint density at radius 3 is 2.53 bits per heavy atom. The van der Waals surface area contributed by atoms with Gasteiger partial charge in [-0.2, -0.15) is 0 Å². The van der Waals surface area contributed by atoms with Gasteiger partial charge in [-0.25, -0.2) is 4.39 Å².